The Morgan fingerprint density at radius 1 is 0.733 bits per heavy atom. The molecule has 4 heterocycles. The maximum atomic E-state index is 6.41. The average Bonchev–Trinajstić information content (AvgIpc) is 3.20. The third-order valence-electron chi connectivity index (χ3n) is 6.13. The maximum absolute atomic E-state index is 6.41. The Hall–Kier alpha value is -2.52. The molecule has 0 bridgehead atoms. The zero-order chi connectivity index (χ0) is 22.0. The van der Waals surface area contributed by atoms with Gasteiger partial charge in [-0.2, -0.15) is 10.2 Å². The van der Waals surface area contributed by atoms with E-state index in [2.05, 4.69) is 20.4 Å². The van der Waals surface area contributed by atoms with Crippen LogP contribution in [0.2, 0.25) is 0 Å². The summed E-state index contributed by atoms with van der Waals surface area (Å²) >= 11 is 0. The fraction of sp³-hybridized carbons (Fsp3) is 0.524. The first-order valence-corrected chi connectivity index (χ1v) is 10.2. The van der Waals surface area contributed by atoms with Gasteiger partial charge in [-0.1, -0.05) is 0 Å². The minimum Gasteiger partial charge on any atom is -0.399 e. The molecule has 4 rings (SSSR count). The number of aryl methyl sites for hydroxylation is 4. The minimum atomic E-state index is -0.597. The summed E-state index contributed by atoms with van der Waals surface area (Å²) in [7, 11) is -0.597. The van der Waals surface area contributed by atoms with Crippen molar-refractivity contribution in [2.75, 3.05) is 0 Å². The van der Waals surface area contributed by atoms with Gasteiger partial charge in [0.25, 0.3) is 0 Å². The van der Waals surface area contributed by atoms with Crippen molar-refractivity contribution in [3.63, 3.8) is 0 Å². The predicted molar refractivity (Wildman–Crippen MR) is 116 cm³/mol. The van der Waals surface area contributed by atoms with E-state index in [1.165, 1.54) is 0 Å². The second-order valence-corrected chi connectivity index (χ2v) is 9.15. The highest BCUT2D eigenvalue weighted by atomic mass is 16.7. The summed E-state index contributed by atoms with van der Waals surface area (Å²) < 4.78 is 16.4. The first kappa shape index (κ1) is 20.7. The third kappa shape index (κ3) is 3.16. The molecule has 1 fully saturated rings. The molecule has 3 aromatic rings. The quantitative estimate of drug-likeness (QED) is 0.620. The van der Waals surface area contributed by atoms with Crippen LogP contribution < -0.4 is 5.46 Å². The first-order valence-electron chi connectivity index (χ1n) is 10.2. The summed E-state index contributed by atoms with van der Waals surface area (Å²) in [5.41, 5.74) is 4.56. The topological polar surface area (TPSA) is 79.9 Å². The molecule has 0 amide bonds. The van der Waals surface area contributed by atoms with Gasteiger partial charge in [-0.3, -0.25) is 0 Å². The fourth-order valence-electron chi connectivity index (χ4n) is 3.80. The van der Waals surface area contributed by atoms with E-state index < -0.39 is 18.3 Å². The van der Waals surface area contributed by atoms with E-state index in [1.807, 2.05) is 79.1 Å². The molecule has 1 saturated heterocycles. The molecule has 1 aliphatic rings. The molecule has 3 aromatic heterocycles. The van der Waals surface area contributed by atoms with Crippen LogP contribution in [0.25, 0.3) is 11.6 Å². The Morgan fingerprint density at radius 2 is 1.17 bits per heavy atom. The molecule has 9 heteroatoms. The normalized spacial score (nSPS) is 17.7. The smallest absolute Gasteiger partial charge is 0.399 e. The molecular weight excluding hydrogens is 379 g/mol. The molecule has 0 aliphatic carbocycles. The van der Waals surface area contributed by atoms with Crippen molar-refractivity contribution < 1.29 is 9.31 Å². The van der Waals surface area contributed by atoms with Crippen molar-refractivity contribution >= 4 is 12.6 Å². The van der Waals surface area contributed by atoms with Gasteiger partial charge in [0.2, 0.25) is 0 Å². The highest BCUT2D eigenvalue weighted by molar-refractivity contribution is 6.64. The highest BCUT2D eigenvalue weighted by Gasteiger charge is 2.53. The summed E-state index contributed by atoms with van der Waals surface area (Å²) in [4.78, 5) is 0. The summed E-state index contributed by atoms with van der Waals surface area (Å²) in [6, 6.07) is 4.03. The van der Waals surface area contributed by atoms with Gasteiger partial charge in [-0.15, -0.1) is 10.2 Å². The van der Waals surface area contributed by atoms with Gasteiger partial charge in [0.05, 0.1) is 22.6 Å². The van der Waals surface area contributed by atoms with E-state index >= 15 is 0 Å². The summed E-state index contributed by atoms with van der Waals surface area (Å²) in [6.45, 7) is 18.1. The molecule has 0 aromatic carbocycles. The Bertz CT molecular complexity index is 1110. The molecule has 0 unspecified atom stereocenters. The molecule has 0 N–H and O–H groups in total. The Morgan fingerprint density at radius 3 is 1.60 bits per heavy atom. The number of rotatable bonds is 3. The Kier molecular flexibility index (Phi) is 4.67. The van der Waals surface area contributed by atoms with Crippen molar-refractivity contribution in [1.29, 1.82) is 0 Å². The standard InChI is InChI=1S/C21H29BN6O2/c1-12-10-14(3)27(25-12)18-16(5)17(22-29-20(6,7)21(8,9)30-22)19(24-23-18)28-15(4)11-13(2)26-28/h10-11H,1-9H3. The molecule has 158 valence electrons. The second-order valence-electron chi connectivity index (χ2n) is 9.15. The van der Waals surface area contributed by atoms with Crippen molar-refractivity contribution in [3.8, 4) is 11.6 Å². The summed E-state index contributed by atoms with van der Waals surface area (Å²) in [5, 5.41) is 18.3. The van der Waals surface area contributed by atoms with Crippen LogP contribution in [0.15, 0.2) is 12.1 Å². The SMILES string of the molecule is Cc1cc(C)n(-c2nnc(-n3nc(C)cc3C)c(B3OC(C)(C)C(C)(C)O3)c2C)n1. The van der Waals surface area contributed by atoms with E-state index in [0.717, 1.165) is 33.8 Å². The van der Waals surface area contributed by atoms with Gasteiger partial charge in [0, 0.05) is 16.9 Å². The van der Waals surface area contributed by atoms with Gasteiger partial charge < -0.3 is 9.31 Å². The Labute approximate surface area is 177 Å². The van der Waals surface area contributed by atoms with Gasteiger partial charge in [0.1, 0.15) is 0 Å². The number of hydrogen-bond donors (Lipinski definition) is 0. The largest absolute Gasteiger partial charge is 0.499 e. The lowest BCUT2D eigenvalue weighted by molar-refractivity contribution is 0.00578. The molecule has 1 aliphatic heterocycles. The van der Waals surface area contributed by atoms with Gasteiger partial charge >= 0.3 is 7.12 Å². The van der Waals surface area contributed by atoms with Crippen molar-refractivity contribution in [1.82, 2.24) is 29.8 Å². The van der Waals surface area contributed by atoms with Crippen LogP contribution in [0.1, 0.15) is 56.0 Å². The molecule has 0 spiro atoms. The van der Waals surface area contributed by atoms with Crippen molar-refractivity contribution in [2.24, 2.45) is 0 Å². The number of nitrogens with zero attached hydrogens (tertiary/aromatic N) is 6. The lowest BCUT2D eigenvalue weighted by Crippen LogP contribution is -2.41. The first-order chi connectivity index (χ1) is 13.9. The van der Waals surface area contributed by atoms with E-state index in [0.29, 0.717) is 11.6 Å². The summed E-state index contributed by atoms with van der Waals surface area (Å²) in [6.07, 6.45) is 0. The molecule has 0 atom stereocenters. The molecule has 0 saturated carbocycles. The third-order valence-corrected chi connectivity index (χ3v) is 6.13. The van der Waals surface area contributed by atoms with E-state index in [-0.39, 0.29) is 0 Å². The molecular formula is C21H29BN6O2. The monoisotopic (exact) mass is 408 g/mol. The summed E-state index contributed by atoms with van der Waals surface area (Å²) in [5.74, 6) is 1.28. The number of hydrogen-bond acceptors (Lipinski definition) is 6. The van der Waals surface area contributed by atoms with Gasteiger partial charge in [-0.05, 0) is 80.0 Å². The average molecular weight is 408 g/mol. The van der Waals surface area contributed by atoms with Crippen LogP contribution in [0.4, 0.5) is 0 Å². The molecule has 30 heavy (non-hydrogen) atoms. The molecule has 0 radical (unpaired) electrons. The van der Waals surface area contributed by atoms with Gasteiger partial charge in [-0.25, -0.2) is 9.36 Å². The fourth-order valence-corrected chi connectivity index (χ4v) is 3.80. The zero-order valence-electron chi connectivity index (χ0n) is 19.2. The maximum Gasteiger partial charge on any atom is 0.499 e. The van der Waals surface area contributed by atoms with Crippen molar-refractivity contribution in [3.05, 3.63) is 40.5 Å². The van der Waals surface area contributed by atoms with Crippen molar-refractivity contribution in [2.45, 2.75) is 73.5 Å². The highest BCUT2D eigenvalue weighted by Crippen LogP contribution is 2.37. The molecule has 8 nitrogen and oxygen atoms in total. The lowest BCUT2D eigenvalue weighted by Gasteiger charge is -2.32. The van der Waals surface area contributed by atoms with Crippen LogP contribution in [0.5, 0.6) is 0 Å². The van der Waals surface area contributed by atoms with E-state index in [4.69, 9.17) is 9.31 Å². The Balaban J connectivity index is 1.96. The van der Waals surface area contributed by atoms with Crippen LogP contribution >= 0.6 is 0 Å². The van der Waals surface area contributed by atoms with Gasteiger partial charge in [0.15, 0.2) is 11.6 Å². The van der Waals surface area contributed by atoms with E-state index in [1.54, 1.807) is 4.68 Å². The minimum absolute atomic E-state index is 0.474. The van der Waals surface area contributed by atoms with Crippen LogP contribution in [0, 0.1) is 34.6 Å². The van der Waals surface area contributed by atoms with Crippen LogP contribution in [0.3, 0.4) is 0 Å². The van der Waals surface area contributed by atoms with E-state index in [9.17, 15) is 0 Å². The second kappa shape index (κ2) is 6.75. The zero-order valence-corrected chi connectivity index (χ0v) is 19.2. The number of aromatic nitrogens is 6. The van der Waals surface area contributed by atoms with Crippen LogP contribution in [-0.2, 0) is 9.31 Å². The predicted octanol–water partition coefficient (Wildman–Crippen LogP) is 2.69. The van der Waals surface area contributed by atoms with Crippen LogP contribution in [-0.4, -0.2) is 48.1 Å². The lowest BCUT2D eigenvalue weighted by atomic mass is 9.76.